The minimum Gasteiger partial charge on any atom is -0.481 e. The zero-order valence-corrected chi connectivity index (χ0v) is 13.9. The second-order valence-electron chi connectivity index (χ2n) is 6.51. The molecule has 0 radical (unpaired) electrons. The van der Waals surface area contributed by atoms with Crippen LogP contribution in [-0.4, -0.2) is 29.1 Å². The summed E-state index contributed by atoms with van der Waals surface area (Å²) >= 11 is 0. The predicted octanol–water partition coefficient (Wildman–Crippen LogP) is 3.52. The summed E-state index contributed by atoms with van der Waals surface area (Å²) in [6, 6.07) is 6.46. The molecule has 1 aliphatic rings. The normalized spacial score (nSPS) is 21.7. The Morgan fingerprint density at radius 1 is 1.24 bits per heavy atom. The van der Waals surface area contributed by atoms with E-state index in [1.54, 1.807) is 12.3 Å². The highest BCUT2D eigenvalue weighted by molar-refractivity contribution is 5.94. The Hall–Kier alpha value is -2.50. The monoisotopic (exact) mass is 345 g/mol. The Labute approximate surface area is 144 Å². The number of aromatic nitrogens is 1. The van der Waals surface area contributed by atoms with E-state index < -0.39 is 17.9 Å². The second-order valence-corrected chi connectivity index (χ2v) is 6.51. The average Bonchev–Trinajstić information content (AvgIpc) is 2.61. The van der Waals surface area contributed by atoms with Gasteiger partial charge in [0.25, 0.3) is 0 Å². The highest BCUT2D eigenvalue weighted by Crippen LogP contribution is 2.41. The number of nitrogens with zero attached hydrogens (tertiary/aromatic N) is 1. The highest BCUT2D eigenvalue weighted by atomic mass is 19.1. The van der Waals surface area contributed by atoms with Gasteiger partial charge in [0.2, 0.25) is 0 Å². The third kappa shape index (κ3) is 3.48. The smallest absolute Gasteiger partial charge is 0.320 e. The van der Waals surface area contributed by atoms with Crippen LogP contribution in [0.4, 0.5) is 4.39 Å². The van der Waals surface area contributed by atoms with Crippen molar-refractivity contribution in [3.05, 3.63) is 41.8 Å². The molecule has 1 unspecified atom stereocenters. The van der Waals surface area contributed by atoms with Crippen molar-refractivity contribution in [3.8, 4) is 0 Å². The molecule has 0 spiro atoms. The molecule has 132 valence electrons. The van der Waals surface area contributed by atoms with Crippen molar-refractivity contribution in [1.82, 2.24) is 4.98 Å². The Bertz CT molecular complexity index is 799. The van der Waals surface area contributed by atoms with Gasteiger partial charge in [0.05, 0.1) is 12.6 Å². The van der Waals surface area contributed by atoms with Crippen molar-refractivity contribution >= 4 is 22.8 Å². The molecular weight excluding hydrogens is 325 g/mol. The van der Waals surface area contributed by atoms with E-state index in [9.17, 15) is 19.1 Å². The molecule has 0 amide bonds. The van der Waals surface area contributed by atoms with Crippen LogP contribution in [0.5, 0.6) is 0 Å². The van der Waals surface area contributed by atoms with E-state index in [2.05, 4.69) is 9.72 Å². The fourth-order valence-corrected chi connectivity index (χ4v) is 3.88. The average molecular weight is 345 g/mol. The van der Waals surface area contributed by atoms with Gasteiger partial charge in [0, 0.05) is 11.6 Å². The number of rotatable bonds is 4. The molecule has 25 heavy (non-hydrogen) atoms. The number of carbonyl (C=O) groups excluding carboxylic acids is 1. The standard InChI is InChI=1S/C19H20FNO4/c1-25-19(24)17(18(22)23)12-4-2-11(3-5-12)14-8-9-21-16-7-6-13(20)10-15(14)16/h6-12,17H,2-5H2,1H3,(H,22,23). The van der Waals surface area contributed by atoms with E-state index in [0.717, 1.165) is 29.3 Å². The van der Waals surface area contributed by atoms with Gasteiger partial charge in [-0.05, 0) is 67.3 Å². The topological polar surface area (TPSA) is 76.5 Å². The Morgan fingerprint density at radius 3 is 2.60 bits per heavy atom. The minimum atomic E-state index is -1.13. The molecule has 0 aliphatic heterocycles. The summed E-state index contributed by atoms with van der Waals surface area (Å²) < 4.78 is 18.3. The van der Waals surface area contributed by atoms with Crippen LogP contribution >= 0.6 is 0 Å². The highest BCUT2D eigenvalue weighted by Gasteiger charge is 2.38. The number of pyridine rings is 1. The Kier molecular flexibility index (Phi) is 4.97. The maximum atomic E-state index is 13.6. The number of carboxylic acids is 1. The number of ether oxygens (including phenoxy) is 1. The molecule has 0 bridgehead atoms. The van der Waals surface area contributed by atoms with Crippen molar-refractivity contribution in [1.29, 1.82) is 0 Å². The summed E-state index contributed by atoms with van der Waals surface area (Å²) in [5, 5.41) is 10.1. The van der Waals surface area contributed by atoms with Crippen LogP contribution in [0, 0.1) is 17.7 Å². The maximum Gasteiger partial charge on any atom is 0.320 e. The molecule has 1 aliphatic carbocycles. The van der Waals surface area contributed by atoms with Gasteiger partial charge >= 0.3 is 11.9 Å². The number of aliphatic carboxylic acids is 1. The van der Waals surface area contributed by atoms with Gasteiger partial charge < -0.3 is 9.84 Å². The molecule has 6 heteroatoms. The predicted molar refractivity (Wildman–Crippen MR) is 89.5 cm³/mol. The first-order valence-electron chi connectivity index (χ1n) is 8.36. The number of methoxy groups -OCH3 is 1. The van der Waals surface area contributed by atoms with Gasteiger partial charge in [-0.25, -0.2) is 4.39 Å². The molecule has 5 nitrogen and oxygen atoms in total. The van der Waals surface area contributed by atoms with E-state index in [0.29, 0.717) is 12.8 Å². The van der Waals surface area contributed by atoms with Crippen molar-refractivity contribution in [3.63, 3.8) is 0 Å². The SMILES string of the molecule is COC(=O)C(C(=O)O)C1CCC(c2ccnc3ccc(F)cc23)CC1. The summed E-state index contributed by atoms with van der Waals surface area (Å²) in [7, 11) is 1.21. The first-order valence-corrected chi connectivity index (χ1v) is 8.36. The molecule has 1 N–H and O–H groups in total. The van der Waals surface area contributed by atoms with Crippen LogP contribution in [0.25, 0.3) is 10.9 Å². The molecule has 2 aromatic rings. The number of hydrogen-bond donors (Lipinski definition) is 1. The van der Waals surface area contributed by atoms with E-state index in [4.69, 9.17) is 0 Å². The number of carboxylic acid groups (broad SMARTS) is 1. The van der Waals surface area contributed by atoms with E-state index in [1.165, 1.54) is 19.2 Å². The van der Waals surface area contributed by atoms with Crippen LogP contribution in [0.2, 0.25) is 0 Å². The van der Waals surface area contributed by atoms with Gasteiger partial charge in [-0.1, -0.05) is 0 Å². The van der Waals surface area contributed by atoms with E-state index in [-0.39, 0.29) is 17.7 Å². The van der Waals surface area contributed by atoms with Crippen molar-refractivity contribution < 1.29 is 23.8 Å². The summed E-state index contributed by atoms with van der Waals surface area (Å²) in [5.74, 6) is -3.26. The minimum absolute atomic E-state index is 0.204. The lowest BCUT2D eigenvalue weighted by Crippen LogP contribution is -2.34. The molecule has 1 fully saturated rings. The number of fused-ring (bicyclic) bond motifs is 1. The van der Waals surface area contributed by atoms with E-state index >= 15 is 0 Å². The fourth-order valence-electron chi connectivity index (χ4n) is 3.88. The van der Waals surface area contributed by atoms with Crippen LogP contribution in [0.1, 0.15) is 37.2 Å². The van der Waals surface area contributed by atoms with E-state index in [1.807, 2.05) is 6.07 Å². The third-order valence-corrected chi connectivity index (χ3v) is 5.14. The van der Waals surface area contributed by atoms with Crippen molar-refractivity contribution in [2.45, 2.75) is 31.6 Å². The molecule has 1 aromatic heterocycles. The first kappa shape index (κ1) is 17.3. The van der Waals surface area contributed by atoms with Crippen molar-refractivity contribution in [2.75, 3.05) is 7.11 Å². The lowest BCUT2D eigenvalue weighted by Gasteiger charge is -2.31. The number of benzene rings is 1. The summed E-state index contributed by atoms with van der Waals surface area (Å²) in [6.45, 7) is 0. The molecular formula is C19H20FNO4. The fraction of sp³-hybridized carbons (Fsp3) is 0.421. The quantitative estimate of drug-likeness (QED) is 0.678. The zero-order valence-electron chi connectivity index (χ0n) is 13.9. The van der Waals surface area contributed by atoms with Gasteiger partial charge in [-0.2, -0.15) is 0 Å². The van der Waals surface area contributed by atoms with Gasteiger partial charge in [-0.15, -0.1) is 0 Å². The number of carbonyl (C=O) groups is 2. The summed E-state index contributed by atoms with van der Waals surface area (Å²) in [5.41, 5.74) is 1.78. The molecule has 1 heterocycles. The first-order chi connectivity index (χ1) is 12.0. The van der Waals surface area contributed by atoms with Crippen LogP contribution < -0.4 is 0 Å². The zero-order chi connectivity index (χ0) is 18.0. The Morgan fingerprint density at radius 2 is 1.96 bits per heavy atom. The summed E-state index contributed by atoms with van der Waals surface area (Å²) in [4.78, 5) is 27.4. The summed E-state index contributed by atoms with van der Waals surface area (Å²) in [6.07, 6.45) is 4.46. The molecule has 3 rings (SSSR count). The molecule has 0 saturated heterocycles. The number of hydrogen-bond acceptors (Lipinski definition) is 4. The van der Waals surface area contributed by atoms with Gasteiger partial charge in [0.15, 0.2) is 5.92 Å². The number of halogens is 1. The lowest BCUT2D eigenvalue weighted by molar-refractivity contribution is -0.160. The largest absolute Gasteiger partial charge is 0.481 e. The second kappa shape index (κ2) is 7.17. The van der Waals surface area contributed by atoms with Crippen molar-refractivity contribution in [2.24, 2.45) is 11.8 Å². The van der Waals surface area contributed by atoms with Crippen LogP contribution in [-0.2, 0) is 14.3 Å². The van der Waals surface area contributed by atoms with Crippen LogP contribution in [0.3, 0.4) is 0 Å². The van der Waals surface area contributed by atoms with Gasteiger partial charge in [-0.3, -0.25) is 14.6 Å². The molecule has 1 saturated carbocycles. The molecule has 1 atom stereocenters. The lowest BCUT2D eigenvalue weighted by atomic mass is 9.73. The van der Waals surface area contributed by atoms with Crippen LogP contribution in [0.15, 0.2) is 30.5 Å². The third-order valence-electron chi connectivity index (χ3n) is 5.14. The van der Waals surface area contributed by atoms with Gasteiger partial charge in [0.1, 0.15) is 5.82 Å². The maximum absolute atomic E-state index is 13.6. The molecule has 1 aromatic carbocycles. The number of esters is 1. The Balaban J connectivity index is 1.80.